The number of hydrogen-bond acceptors (Lipinski definition) is 3. The van der Waals surface area contributed by atoms with Crippen molar-refractivity contribution in [3.63, 3.8) is 0 Å². The predicted octanol–water partition coefficient (Wildman–Crippen LogP) is 1.53. The molecule has 5 nitrogen and oxygen atoms in total. The maximum absolute atomic E-state index is 4.50. The molecule has 0 unspecified atom stereocenters. The third kappa shape index (κ3) is 3.20. The molecule has 0 spiro atoms. The standard InChI is InChI=1S/C13H21N5/c1-11(2)13-12(10-17(3)16-13)9-14-6-8-18-7-4-5-15-18/h4-5,7,10-11,14H,6,8-9H2,1-3H3. The summed E-state index contributed by atoms with van der Waals surface area (Å²) in [7, 11) is 1.97. The molecule has 2 aromatic rings. The van der Waals surface area contributed by atoms with Gasteiger partial charge in [0.25, 0.3) is 0 Å². The number of aryl methyl sites for hydroxylation is 1. The molecule has 2 rings (SSSR count). The van der Waals surface area contributed by atoms with Crippen molar-refractivity contribution in [2.24, 2.45) is 7.05 Å². The van der Waals surface area contributed by atoms with Crippen LogP contribution in [0.3, 0.4) is 0 Å². The summed E-state index contributed by atoms with van der Waals surface area (Å²) in [5.41, 5.74) is 2.47. The second kappa shape index (κ2) is 5.82. The quantitative estimate of drug-likeness (QED) is 0.788. The van der Waals surface area contributed by atoms with Crippen LogP contribution >= 0.6 is 0 Å². The van der Waals surface area contributed by atoms with Crippen molar-refractivity contribution in [1.82, 2.24) is 24.9 Å². The first-order valence-corrected chi connectivity index (χ1v) is 6.37. The van der Waals surface area contributed by atoms with E-state index in [1.807, 2.05) is 28.7 Å². The van der Waals surface area contributed by atoms with Gasteiger partial charge in [-0.2, -0.15) is 10.2 Å². The highest BCUT2D eigenvalue weighted by atomic mass is 15.3. The van der Waals surface area contributed by atoms with E-state index in [-0.39, 0.29) is 0 Å². The number of rotatable bonds is 6. The van der Waals surface area contributed by atoms with Gasteiger partial charge in [-0.3, -0.25) is 9.36 Å². The van der Waals surface area contributed by atoms with E-state index in [0.29, 0.717) is 5.92 Å². The largest absolute Gasteiger partial charge is 0.311 e. The monoisotopic (exact) mass is 247 g/mol. The molecule has 0 aliphatic rings. The Morgan fingerprint density at radius 3 is 2.89 bits per heavy atom. The molecule has 18 heavy (non-hydrogen) atoms. The third-order valence-corrected chi connectivity index (χ3v) is 2.88. The van der Waals surface area contributed by atoms with Gasteiger partial charge in [0.15, 0.2) is 0 Å². The average molecular weight is 247 g/mol. The van der Waals surface area contributed by atoms with Gasteiger partial charge in [-0.15, -0.1) is 0 Å². The van der Waals surface area contributed by atoms with E-state index in [1.165, 1.54) is 11.3 Å². The van der Waals surface area contributed by atoms with Crippen LogP contribution in [0.25, 0.3) is 0 Å². The second-order valence-electron chi connectivity index (χ2n) is 4.81. The van der Waals surface area contributed by atoms with E-state index in [2.05, 4.69) is 35.6 Å². The van der Waals surface area contributed by atoms with Gasteiger partial charge in [-0.1, -0.05) is 13.8 Å². The topological polar surface area (TPSA) is 47.7 Å². The van der Waals surface area contributed by atoms with Gasteiger partial charge in [0.05, 0.1) is 12.2 Å². The zero-order valence-electron chi connectivity index (χ0n) is 11.3. The molecule has 0 aliphatic carbocycles. The second-order valence-corrected chi connectivity index (χ2v) is 4.81. The van der Waals surface area contributed by atoms with Gasteiger partial charge in [-0.05, 0) is 12.0 Å². The first kappa shape index (κ1) is 12.8. The molecule has 1 N–H and O–H groups in total. The molecule has 0 fully saturated rings. The van der Waals surface area contributed by atoms with Crippen LogP contribution in [-0.4, -0.2) is 26.1 Å². The highest BCUT2D eigenvalue weighted by Crippen LogP contribution is 2.16. The lowest BCUT2D eigenvalue weighted by molar-refractivity contribution is 0.553. The molecule has 5 heteroatoms. The smallest absolute Gasteiger partial charge is 0.0694 e. The van der Waals surface area contributed by atoms with E-state index < -0.39 is 0 Å². The van der Waals surface area contributed by atoms with Crippen LogP contribution in [0, 0.1) is 0 Å². The summed E-state index contributed by atoms with van der Waals surface area (Å²) in [5, 5.41) is 12.1. The Kier molecular flexibility index (Phi) is 4.15. The minimum Gasteiger partial charge on any atom is -0.311 e. The normalized spacial score (nSPS) is 11.3. The minimum atomic E-state index is 0.467. The zero-order chi connectivity index (χ0) is 13.0. The molecular weight excluding hydrogens is 226 g/mol. The molecule has 0 atom stereocenters. The van der Waals surface area contributed by atoms with E-state index in [4.69, 9.17) is 0 Å². The summed E-state index contributed by atoms with van der Waals surface area (Å²) in [4.78, 5) is 0. The predicted molar refractivity (Wildman–Crippen MR) is 71.2 cm³/mol. The zero-order valence-corrected chi connectivity index (χ0v) is 11.3. The van der Waals surface area contributed by atoms with Crippen molar-refractivity contribution < 1.29 is 0 Å². The van der Waals surface area contributed by atoms with Gasteiger partial charge >= 0.3 is 0 Å². The molecule has 0 saturated carbocycles. The lowest BCUT2D eigenvalue weighted by atomic mass is 10.1. The van der Waals surface area contributed by atoms with Crippen LogP contribution in [0.1, 0.15) is 31.0 Å². The Morgan fingerprint density at radius 1 is 1.39 bits per heavy atom. The van der Waals surface area contributed by atoms with Crippen molar-refractivity contribution in [3.8, 4) is 0 Å². The number of aromatic nitrogens is 4. The van der Waals surface area contributed by atoms with E-state index in [1.54, 1.807) is 6.20 Å². The molecule has 0 bridgehead atoms. The van der Waals surface area contributed by atoms with E-state index in [0.717, 1.165) is 19.6 Å². The van der Waals surface area contributed by atoms with Crippen LogP contribution in [0.4, 0.5) is 0 Å². The first-order chi connectivity index (χ1) is 8.66. The SMILES string of the molecule is CC(C)c1nn(C)cc1CNCCn1cccn1. The Labute approximate surface area is 108 Å². The fraction of sp³-hybridized carbons (Fsp3) is 0.538. The Morgan fingerprint density at radius 2 is 2.22 bits per heavy atom. The molecule has 0 radical (unpaired) electrons. The highest BCUT2D eigenvalue weighted by molar-refractivity contribution is 5.19. The van der Waals surface area contributed by atoms with Crippen LogP contribution in [0.5, 0.6) is 0 Å². The summed E-state index contributed by atoms with van der Waals surface area (Å²) in [6.45, 7) is 7.02. The number of nitrogens with one attached hydrogen (secondary N) is 1. The molecule has 2 heterocycles. The fourth-order valence-corrected chi connectivity index (χ4v) is 2.03. The Bertz CT molecular complexity index is 470. The van der Waals surface area contributed by atoms with Crippen LogP contribution < -0.4 is 5.32 Å². The molecule has 98 valence electrons. The molecule has 0 aliphatic heterocycles. The first-order valence-electron chi connectivity index (χ1n) is 6.37. The van der Waals surface area contributed by atoms with Crippen molar-refractivity contribution in [1.29, 1.82) is 0 Å². The summed E-state index contributed by atoms with van der Waals surface area (Å²) < 4.78 is 3.82. The van der Waals surface area contributed by atoms with Crippen molar-refractivity contribution in [2.75, 3.05) is 6.54 Å². The van der Waals surface area contributed by atoms with Crippen molar-refractivity contribution in [2.45, 2.75) is 32.9 Å². The average Bonchev–Trinajstić information content (AvgIpc) is 2.93. The molecule has 2 aromatic heterocycles. The van der Waals surface area contributed by atoms with Crippen LogP contribution in [-0.2, 0) is 20.1 Å². The number of nitrogens with zero attached hydrogens (tertiary/aromatic N) is 4. The van der Waals surface area contributed by atoms with Gasteiger partial charge < -0.3 is 5.32 Å². The van der Waals surface area contributed by atoms with Crippen LogP contribution in [0.15, 0.2) is 24.7 Å². The summed E-state index contributed by atoms with van der Waals surface area (Å²) in [6, 6.07) is 1.94. The number of hydrogen-bond donors (Lipinski definition) is 1. The molecular formula is C13H21N5. The van der Waals surface area contributed by atoms with Crippen molar-refractivity contribution >= 4 is 0 Å². The van der Waals surface area contributed by atoms with Gasteiger partial charge in [0, 0.05) is 44.3 Å². The Hall–Kier alpha value is -1.62. The van der Waals surface area contributed by atoms with Gasteiger partial charge in [0.1, 0.15) is 0 Å². The summed E-state index contributed by atoms with van der Waals surface area (Å²) in [6.07, 6.45) is 5.87. The molecule has 0 saturated heterocycles. The summed E-state index contributed by atoms with van der Waals surface area (Å²) in [5.74, 6) is 0.467. The highest BCUT2D eigenvalue weighted by Gasteiger charge is 2.10. The summed E-state index contributed by atoms with van der Waals surface area (Å²) >= 11 is 0. The Balaban J connectivity index is 1.83. The molecule has 0 aromatic carbocycles. The maximum atomic E-state index is 4.50. The van der Waals surface area contributed by atoms with E-state index in [9.17, 15) is 0 Å². The molecule has 0 amide bonds. The van der Waals surface area contributed by atoms with Crippen LogP contribution in [0.2, 0.25) is 0 Å². The third-order valence-electron chi connectivity index (χ3n) is 2.88. The lowest BCUT2D eigenvalue weighted by Gasteiger charge is -2.07. The van der Waals surface area contributed by atoms with E-state index >= 15 is 0 Å². The van der Waals surface area contributed by atoms with Crippen molar-refractivity contribution in [3.05, 3.63) is 35.9 Å². The van der Waals surface area contributed by atoms with Gasteiger partial charge in [0.2, 0.25) is 0 Å². The van der Waals surface area contributed by atoms with Gasteiger partial charge in [-0.25, -0.2) is 0 Å². The fourth-order valence-electron chi connectivity index (χ4n) is 2.03. The lowest BCUT2D eigenvalue weighted by Crippen LogP contribution is -2.20. The minimum absolute atomic E-state index is 0.467. The maximum Gasteiger partial charge on any atom is 0.0694 e.